The Morgan fingerprint density at radius 2 is 1.47 bits per heavy atom. The van der Waals surface area contributed by atoms with Crippen LogP contribution in [0, 0.1) is 27.7 Å². The zero-order valence-electron chi connectivity index (χ0n) is 12.6. The van der Waals surface area contributed by atoms with Gasteiger partial charge in [0, 0.05) is 6.54 Å². The molecule has 0 heterocycles. The number of nitrogens with one attached hydrogen (secondary N) is 1. The van der Waals surface area contributed by atoms with E-state index in [1.165, 1.54) is 38.9 Å². The van der Waals surface area contributed by atoms with Crippen LogP contribution in [0.3, 0.4) is 0 Å². The van der Waals surface area contributed by atoms with Gasteiger partial charge in [0.05, 0.1) is 0 Å². The van der Waals surface area contributed by atoms with Gasteiger partial charge in [-0.15, -0.1) is 0 Å². The number of hydrogen-bond donors (Lipinski definition) is 1. The molecule has 0 atom stereocenters. The predicted octanol–water partition coefficient (Wildman–Crippen LogP) is 4.31. The zero-order valence-corrected chi connectivity index (χ0v) is 12.6. The molecule has 1 nitrogen and oxygen atoms in total. The molecule has 0 bridgehead atoms. The van der Waals surface area contributed by atoms with Crippen molar-refractivity contribution in [2.75, 3.05) is 7.05 Å². The maximum atomic E-state index is 3.26. The molecule has 1 heteroatoms. The van der Waals surface area contributed by atoms with Gasteiger partial charge in [-0.05, 0) is 73.7 Å². The van der Waals surface area contributed by atoms with Gasteiger partial charge in [-0.2, -0.15) is 0 Å². The van der Waals surface area contributed by atoms with Crippen LogP contribution in [0.4, 0.5) is 0 Å². The van der Waals surface area contributed by atoms with Crippen molar-refractivity contribution in [3.8, 4) is 11.1 Å². The third kappa shape index (κ3) is 2.57. The maximum absolute atomic E-state index is 3.26. The molecule has 0 saturated carbocycles. The minimum Gasteiger partial charge on any atom is -0.316 e. The van der Waals surface area contributed by atoms with Crippen molar-refractivity contribution >= 4 is 0 Å². The number of aryl methyl sites for hydroxylation is 2. The van der Waals surface area contributed by atoms with Crippen molar-refractivity contribution in [1.82, 2.24) is 5.32 Å². The topological polar surface area (TPSA) is 12.0 Å². The van der Waals surface area contributed by atoms with Crippen molar-refractivity contribution in [3.05, 3.63) is 58.1 Å². The molecule has 0 spiro atoms. The summed E-state index contributed by atoms with van der Waals surface area (Å²) < 4.78 is 0. The van der Waals surface area contributed by atoms with Gasteiger partial charge in [0.2, 0.25) is 0 Å². The minimum absolute atomic E-state index is 0.905. The normalized spacial score (nSPS) is 10.8. The lowest BCUT2D eigenvalue weighted by Crippen LogP contribution is -2.07. The average Bonchev–Trinajstić information content (AvgIpc) is 2.39. The van der Waals surface area contributed by atoms with E-state index in [1.807, 2.05) is 7.05 Å². The van der Waals surface area contributed by atoms with Gasteiger partial charge in [0.25, 0.3) is 0 Å². The van der Waals surface area contributed by atoms with Crippen molar-refractivity contribution in [1.29, 1.82) is 0 Å². The summed E-state index contributed by atoms with van der Waals surface area (Å²) in [6.07, 6.45) is 0. The Morgan fingerprint density at radius 1 is 0.895 bits per heavy atom. The molecule has 100 valence electrons. The van der Waals surface area contributed by atoms with Gasteiger partial charge in [0.1, 0.15) is 0 Å². The van der Waals surface area contributed by atoms with Crippen molar-refractivity contribution in [2.24, 2.45) is 0 Å². The molecule has 2 rings (SSSR count). The largest absolute Gasteiger partial charge is 0.316 e. The van der Waals surface area contributed by atoms with Crippen LogP contribution in [0.5, 0.6) is 0 Å². The second-order valence-electron chi connectivity index (χ2n) is 5.32. The summed E-state index contributed by atoms with van der Waals surface area (Å²) in [6, 6.07) is 11.0. The highest BCUT2D eigenvalue weighted by atomic mass is 14.8. The standard InChI is InChI=1S/C18H23N/c1-12-10-13(2)15(4)18(14(12)3)17-9-7-6-8-16(17)11-19-5/h6-10,19H,11H2,1-5H3. The van der Waals surface area contributed by atoms with E-state index in [0.29, 0.717) is 0 Å². The summed E-state index contributed by atoms with van der Waals surface area (Å²) >= 11 is 0. The highest BCUT2D eigenvalue weighted by Gasteiger charge is 2.13. The molecule has 0 fully saturated rings. The third-order valence-corrected chi connectivity index (χ3v) is 4.02. The van der Waals surface area contributed by atoms with Crippen molar-refractivity contribution < 1.29 is 0 Å². The molecular formula is C18H23N. The highest BCUT2D eigenvalue weighted by Crippen LogP contribution is 2.33. The Morgan fingerprint density at radius 3 is 2.05 bits per heavy atom. The molecule has 0 saturated heterocycles. The molecule has 0 amide bonds. The quantitative estimate of drug-likeness (QED) is 0.859. The van der Waals surface area contributed by atoms with Gasteiger partial charge in [-0.3, -0.25) is 0 Å². The first kappa shape index (κ1) is 13.8. The van der Waals surface area contributed by atoms with Crippen LogP contribution in [-0.2, 0) is 6.54 Å². The van der Waals surface area contributed by atoms with Crippen LogP contribution >= 0.6 is 0 Å². The van der Waals surface area contributed by atoms with E-state index in [2.05, 4.69) is 63.3 Å². The van der Waals surface area contributed by atoms with Gasteiger partial charge in [-0.1, -0.05) is 30.3 Å². The Kier molecular flexibility index (Phi) is 4.06. The lowest BCUT2D eigenvalue weighted by atomic mass is 9.87. The van der Waals surface area contributed by atoms with E-state index in [4.69, 9.17) is 0 Å². The summed E-state index contributed by atoms with van der Waals surface area (Å²) in [7, 11) is 2.00. The fourth-order valence-corrected chi connectivity index (χ4v) is 2.73. The second-order valence-corrected chi connectivity index (χ2v) is 5.32. The van der Waals surface area contributed by atoms with Crippen LogP contribution in [-0.4, -0.2) is 7.05 Å². The van der Waals surface area contributed by atoms with Gasteiger partial charge >= 0.3 is 0 Å². The lowest BCUT2D eigenvalue weighted by Gasteiger charge is -2.18. The minimum atomic E-state index is 0.905. The van der Waals surface area contributed by atoms with Gasteiger partial charge in [-0.25, -0.2) is 0 Å². The van der Waals surface area contributed by atoms with Crippen LogP contribution < -0.4 is 5.32 Å². The van der Waals surface area contributed by atoms with Crippen LogP contribution in [0.1, 0.15) is 27.8 Å². The molecule has 0 aliphatic rings. The Bertz CT molecular complexity index is 571. The first-order chi connectivity index (χ1) is 9.06. The average molecular weight is 253 g/mol. The number of benzene rings is 2. The number of hydrogen-bond acceptors (Lipinski definition) is 1. The van der Waals surface area contributed by atoms with Crippen molar-refractivity contribution in [3.63, 3.8) is 0 Å². The monoisotopic (exact) mass is 253 g/mol. The van der Waals surface area contributed by atoms with E-state index >= 15 is 0 Å². The van der Waals surface area contributed by atoms with Crippen molar-refractivity contribution in [2.45, 2.75) is 34.2 Å². The molecule has 0 aromatic heterocycles. The molecule has 1 N–H and O–H groups in total. The zero-order chi connectivity index (χ0) is 14.0. The third-order valence-electron chi connectivity index (χ3n) is 4.02. The van der Waals surface area contributed by atoms with Crippen LogP contribution in [0.15, 0.2) is 30.3 Å². The summed E-state index contributed by atoms with van der Waals surface area (Å²) in [5.41, 5.74) is 9.66. The summed E-state index contributed by atoms with van der Waals surface area (Å²) in [4.78, 5) is 0. The maximum Gasteiger partial charge on any atom is 0.0208 e. The molecular weight excluding hydrogens is 230 g/mol. The van der Waals surface area contributed by atoms with Crippen LogP contribution in [0.2, 0.25) is 0 Å². The molecule has 19 heavy (non-hydrogen) atoms. The predicted molar refractivity (Wildman–Crippen MR) is 83.6 cm³/mol. The first-order valence-corrected chi connectivity index (χ1v) is 6.86. The van der Waals surface area contributed by atoms with Gasteiger partial charge < -0.3 is 5.32 Å². The summed E-state index contributed by atoms with van der Waals surface area (Å²) in [6.45, 7) is 9.76. The van der Waals surface area contributed by atoms with E-state index in [1.54, 1.807) is 0 Å². The summed E-state index contributed by atoms with van der Waals surface area (Å²) in [5.74, 6) is 0. The molecule has 2 aromatic carbocycles. The van der Waals surface area contributed by atoms with E-state index < -0.39 is 0 Å². The highest BCUT2D eigenvalue weighted by molar-refractivity contribution is 5.76. The first-order valence-electron chi connectivity index (χ1n) is 6.86. The van der Waals surface area contributed by atoms with E-state index in [9.17, 15) is 0 Å². The lowest BCUT2D eigenvalue weighted by molar-refractivity contribution is 0.819. The molecule has 0 aliphatic heterocycles. The number of rotatable bonds is 3. The molecule has 0 radical (unpaired) electrons. The summed E-state index contributed by atoms with van der Waals surface area (Å²) in [5, 5.41) is 3.26. The smallest absolute Gasteiger partial charge is 0.0208 e. The van der Waals surface area contributed by atoms with Gasteiger partial charge in [0.15, 0.2) is 0 Å². The van der Waals surface area contributed by atoms with E-state index in [-0.39, 0.29) is 0 Å². The Hall–Kier alpha value is -1.60. The Labute approximate surface area is 116 Å². The molecule has 0 aliphatic carbocycles. The Balaban J connectivity index is 2.72. The molecule has 0 unspecified atom stereocenters. The fraction of sp³-hybridized carbons (Fsp3) is 0.333. The SMILES string of the molecule is CNCc1ccccc1-c1c(C)c(C)cc(C)c1C. The fourth-order valence-electron chi connectivity index (χ4n) is 2.73. The van der Waals surface area contributed by atoms with Crippen LogP contribution in [0.25, 0.3) is 11.1 Å². The van der Waals surface area contributed by atoms with E-state index in [0.717, 1.165) is 6.54 Å². The second kappa shape index (κ2) is 5.58. The molecule has 2 aromatic rings.